The predicted octanol–water partition coefficient (Wildman–Crippen LogP) is 3.15. The Morgan fingerprint density at radius 1 is 1.38 bits per heavy atom. The number of aromatic nitrogens is 1. The van der Waals surface area contributed by atoms with Crippen LogP contribution in [0.5, 0.6) is 0 Å². The first kappa shape index (κ1) is 15.9. The van der Waals surface area contributed by atoms with Crippen LogP contribution in [-0.4, -0.2) is 36.8 Å². The fourth-order valence-electron chi connectivity index (χ4n) is 2.37. The molecule has 0 atom stereocenters. The van der Waals surface area contributed by atoms with Crippen molar-refractivity contribution in [3.8, 4) is 0 Å². The summed E-state index contributed by atoms with van der Waals surface area (Å²) < 4.78 is 44.6. The fraction of sp³-hybridized carbons (Fsp3) is 0.643. The molecule has 2 rings (SSSR count). The smallest absolute Gasteiger partial charge is 0.377 e. The Labute approximate surface area is 122 Å². The molecule has 0 radical (unpaired) electrons. The van der Waals surface area contributed by atoms with Gasteiger partial charge in [0.2, 0.25) is 0 Å². The van der Waals surface area contributed by atoms with Gasteiger partial charge in [0, 0.05) is 13.1 Å². The largest absolute Gasteiger partial charge is 0.416 e. The van der Waals surface area contributed by atoms with Gasteiger partial charge < -0.3 is 15.0 Å². The van der Waals surface area contributed by atoms with Gasteiger partial charge >= 0.3 is 6.18 Å². The first-order chi connectivity index (χ1) is 9.74. The third-order valence-corrected chi connectivity index (χ3v) is 3.42. The topological polar surface area (TPSA) is 37.4 Å². The van der Waals surface area contributed by atoms with Gasteiger partial charge in [0.25, 0.3) is 0 Å². The lowest BCUT2D eigenvalue weighted by Gasteiger charge is -2.43. The van der Waals surface area contributed by atoms with Crippen molar-refractivity contribution < 1.29 is 17.9 Å². The highest BCUT2D eigenvalue weighted by molar-refractivity contribution is 5.53. The van der Waals surface area contributed by atoms with E-state index in [4.69, 9.17) is 4.74 Å². The van der Waals surface area contributed by atoms with Crippen molar-refractivity contribution in [1.82, 2.24) is 4.98 Å². The van der Waals surface area contributed by atoms with Gasteiger partial charge in [-0.25, -0.2) is 4.98 Å². The van der Waals surface area contributed by atoms with Crippen molar-refractivity contribution in [2.75, 3.05) is 36.5 Å². The van der Waals surface area contributed by atoms with Crippen molar-refractivity contribution in [3.63, 3.8) is 0 Å². The van der Waals surface area contributed by atoms with Gasteiger partial charge in [0.15, 0.2) is 0 Å². The molecule has 0 saturated carbocycles. The zero-order valence-corrected chi connectivity index (χ0v) is 12.4. The number of hydrogen-bond acceptors (Lipinski definition) is 4. The molecule has 2 heterocycles. The second-order valence-electron chi connectivity index (χ2n) is 5.64. The summed E-state index contributed by atoms with van der Waals surface area (Å²) in [7, 11) is 0. The normalized spacial score (nSPS) is 18.7. The SMILES string of the molecule is CCNc1cc(C(F)(F)F)cc(N2CCOCC2(C)C)n1. The summed E-state index contributed by atoms with van der Waals surface area (Å²) in [6.45, 7) is 7.66. The molecule has 7 heteroatoms. The molecule has 0 aromatic carbocycles. The molecule has 0 aliphatic carbocycles. The quantitative estimate of drug-likeness (QED) is 0.931. The van der Waals surface area contributed by atoms with E-state index >= 15 is 0 Å². The summed E-state index contributed by atoms with van der Waals surface area (Å²) in [5.74, 6) is 0.568. The molecular weight excluding hydrogens is 283 g/mol. The lowest BCUT2D eigenvalue weighted by atomic mass is 10.0. The Morgan fingerprint density at radius 3 is 2.67 bits per heavy atom. The van der Waals surface area contributed by atoms with Crippen LogP contribution in [0.15, 0.2) is 12.1 Å². The van der Waals surface area contributed by atoms with Crippen LogP contribution in [0.25, 0.3) is 0 Å². The van der Waals surface area contributed by atoms with E-state index in [0.29, 0.717) is 32.1 Å². The van der Waals surface area contributed by atoms with Crippen molar-refractivity contribution in [1.29, 1.82) is 0 Å². The van der Waals surface area contributed by atoms with E-state index in [0.717, 1.165) is 12.1 Å². The zero-order valence-electron chi connectivity index (χ0n) is 12.4. The van der Waals surface area contributed by atoms with Gasteiger partial charge in [-0.3, -0.25) is 0 Å². The first-order valence-corrected chi connectivity index (χ1v) is 6.92. The fourth-order valence-corrected chi connectivity index (χ4v) is 2.37. The zero-order chi connectivity index (χ0) is 15.7. The lowest BCUT2D eigenvalue weighted by molar-refractivity contribution is -0.137. The second kappa shape index (κ2) is 5.71. The number of alkyl halides is 3. The van der Waals surface area contributed by atoms with Gasteiger partial charge in [-0.1, -0.05) is 0 Å². The number of ether oxygens (including phenoxy) is 1. The van der Waals surface area contributed by atoms with Crippen LogP contribution in [0.2, 0.25) is 0 Å². The molecule has 21 heavy (non-hydrogen) atoms. The summed E-state index contributed by atoms with van der Waals surface area (Å²) in [5, 5.41) is 2.86. The van der Waals surface area contributed by atoms with Crippen LogP contribution >= 0.6 is 0 Å². The van der Waals surface area contributed by atoms with Crippen LogP contribution in [0.3, 0.4) is 0 Å². The van der Waals surface area contributed by atoms with Crippen molar-refractivity contribution >= 4 is 11.6 Å². The summed E-state index contributed by atoms with van der Waals surface area (Å²) >= 11 is 0. The molecule has 1 saturated heterocycles. The van der Waals surface area contributed by atoms with Crippen molar-refractivity contribution in [2.24, 2.45) is 0 Å². The molecular formula is C14H20F3N3O. The van der Waals surface area contributed by atoms with E-state index in [1.54, 1.807) is 0 Å². The Hall–Kier alpha value is -1.50. The highest BCUT2D eigenvalue weighted by Crippen LogP contribution is 2.35. The van der Waals surface area contributed by atoms with Gasteiger partial charge in [0.1, 0.15) is 11.6 Å². The monoisotopic (exact) mass is 303 g/mol. The van der Waals surface area contributed by atoms with Crippen LogP contribution < -0.4 is 10.2 Å². The lowest BCUT2D eigenvalue weighted by Crippen LogP contribution is -2.53. The van der Waals surface area contributed by atoms with Crippen LogP contribution in [0, 0.1) is 0 Å². The maximum atomic E-state index is 13.0. The molecule has 1 aromatic heterocycles. The molecule has 4 nitrogen and oxygen atoms in total. The first-order valence-electron chi connectivity index (χ1n) is 6.92. The molecule has 1 fully saturated rings. The standard InChI is InChI=1S/C14H20F3N3O/c1-4-18-11-7-10(14(15,16)17)8-12(19-11)20-5-6-21-9-13(20,2)3/h7-8H,4-6,9H2,1-3H3,(H,18,19). The Kier molecular flexibility index (Phi) is 4.32. The summed E-state index contributed by atoms with van der Waals surface area (Å²) in [5.41, 5.74) is -1.08. The van der Waals surface area contributed by atoms with E-state index in [1.165, 1.54) is 0 Å². The van der Waals surface area contributed by atoms with Crippen LogP contribution in [0.4, 0.5) is 24.8 Å². The van der Waals surface area contributed by atoms with Crippen LogP contribution in [0.1, 0.15) is 26.3 Å². The number of halogens is 3. The van der Waals surface area contributed by atoms with E-state index in [1.807, 2.05) is 25.7 Å². The number of hydrogen-bond donors (Lipinski definition) is 1. The molecule has 1 N–H and O–H groups in total. The minimum atomic E-state index is -4.39. The maximum absolute atomic E-state index is 13.0. The number of nitrogens with one attached hydrogen (secondary N) is 1. The number of nitrogens with zero attached hydrogens (tertiary/aromatic N) is 2. The van der Waals surface area contributed by atoms with Gasteiger partial charge in [0.05, 0.1) is 24.3 Å². The highest BCUT2D eigenvalue weighted by atomic mass is 19.4. The number of rotatable bonds is 3. The average molecular weight is 303 g/mol. The number of pyridine rings is 1. The predicted molar refractivity (Wildman–Crippen MR) is 75.6 cm³/mol. The third-order valence-electron chi connectivity index (χ3n) is 3.42. The van der Waals surface area contributed by atoms with Crippen molar-refractivity contribution in [2.45, 2.75) is 32.5 Å². The minimum Gasteiger partial charge on any atom is -0.377 e. The minimum absolute atomic E-state index is 0.240. The molecule has 1 aliphatic heterocycles. The van der Waals surface area contributed by atoms with E-state index in [2.05, 4.69) is 10.3 Å². The number of anilines is 2. The molecule has 118 valence electrons. The molecule has 0 spiro atoms. The summed E-state index contributed by atoms with van der Waals surface area (Å²) in [6, 6.07) is 2.15. The molecule has 1 aliphatic rings. The molecule has 0 bridgehead atoms. The third kappa shape index (κ3) is 3.58. The Bertz CT molecular complexity index is 503. The molecule has 0 amide bonds. The van der Waals surface area contributed by atoms with Gasteiger partial charge in [-0.2, -0.15) is 13.2 Å². The summed E-state index contributed by atoms with van der Waals surface area (Å²) in [6.07, 6.45) is -4.39. The summed E-state index contributed by atoms with van der Waals surface area (Å²) in [4.78, 5) is 6.18. The van der Waals surface area contributed by atoms with Crippen molar-refractivity contribution in [3.05, 3.63) is 17.7 Å². The molecule has 1 aromatic rings. The van der Waals surface area contributed by atoms with Gasteiger partial charge in [-0.15, -0.1) is 0 Å². The van der Waals surface area contributed by atoms with Crippen LogP contribution in [-0.2, 0) is 10.9 Å². The Morgan fingerprint density at radius 2 is 2.10 bits per heavy atom. The maximum Gasteiger partial charge on any atom is 0.416 e. The second-order valence-corrected chi connectivity index (χ2v) is 5.64. The number of morpholine rings is 1. The van der Waals surface area contributed by atoms with Gasteiger partial charge in [-0.05, 0) is 32.9 Å². The highest BCUT2D eigenvalue weighted by Gasteiger charge is 2.35. The van der Waals surface area contributed by atoms with E-state index in [9.17, 15) is 13.2 Å². The average Bonchev–Trinajstić information content (AvgIpc) is 2.37. The molecule has 0 unspecified atom stereocenters. The Balaban J connectivity index is 2.44. The van der Waals surface area contributed by atoms with E-state index < -0.39 is 11.7 Å². The van der Waals surface area contributed by atoms with E-state index in [-0.39, 0.29) is 11.4 Å².